The van der Waals surface area contributed by atoms with Crippen LogP contribution in [0.15, 0.2) is 49.9 Å². The van der Waals surface area contributed by atoms with Crippen LogP contribution in [-0.2, 0) is 30.3 Å². The summed E-state index contributed by atoms with van der Waals surface area (Å²) in [5.74, 6) is -4.31. The Bertz CT molecular complexity index is 2500. The first kappa shape index (κ1) is 38.1. The number of carboxylic acids is 1. The van der Waals surface area contributed by atoms with Crippen molar-refractivity contribution in [3.63, 3.8) is 0 Å². The summed E-state index contributed by atoms with van der Waals surface area (Å²) in [6, 6.07) is 7.78. The lowest BCUT2D eigenvalue weighted by Gasteiger charge is -2.13. The van der Waals surface area contributed by atoms with Crippen molar-refractivity contribution in [2.24, 2.45) is 5.92 Å². The first-order valence-corrected chi connectivity index (χ1v) is 17.8. The number of amides is 2. The zero-order valence-corrected chi connectivity index (χ0v) is 31.5. The molecule has 4 aromatic heterocycles. The number of ether oxygens (including phenoxy) is 1. The van der Waals surface area contributed by atoms with Crippen molar-refractivity contribution >= 4 is 80.3 Å². The average molecular weight is 742 g/mol. The zero-order chi connectivity index (χ0) is 39.6. The molecule has 2 aliphatic heterocycles. The van der Waals surface area contributed by atoms with E-state index < -0.39 is 29.7 Å². The summed E-state index contributed by atoms with van der Waals surface area (Å²) in [5, 5.41) is 12.0. The second-order valence-corrected chi connectivity index (χ2v) is 13.6. The fraction of sp³-hybridized carbons (Fsp3) is 0.262. The molecule has 0 radical (unpaired) electrons. The highest BCUT2D eigenvalue weighted by Crippen LogP contribution is 2.38. The molecule has 0 fully saturated rings. The van der Waals surface area contributed by atoms with E-state index in [2.05, 4.69) is 38.4 Å². The number of aryl methyl sites for hydroxylation is 2. The number of fused-ring (bicyclic) bond motifs is 8. The number of carbonyl (C=O) groups is 4. The van der Waals surface area contributed by atoms with E-state index in [0.717, 1.165) is 66.6 Å². The molecule has 8 bridgehead atoms. The van der Waals surface area contributed by atoms with Gasteiger partial charge in [-0.05, 0) is 98.2 Å². The topological polar surface area (TPSA) is 196 Å². The van der Waals surface area contributed by atoms with Gasteiger partial charge in [-0.3, -0.25) is 24.5 Å². The number of nitrogens with one attached hydrogen (secondary N) is 4. The molecule has 6 heterocycles. The molecule has 0 spiro atoms. The third-order valence-electron chi connectivity index (χ3n) is 10.3. The number of allylic oxidation sites excluding steroid dienone is 4. The molecule has 1 unspecified atom stereocenters. The molecule has 0 saturated carbocycles. The highest BCUT2D eigenvalue weighted by atomic mass is 16.5. The molecule has 282 valence electrons. The Morgan fingerprint density at radius 1 is 0.800 bits per heavy atom. The van der Waals surface area contributed by atoms with Crippen LogP contribution in [0.5, 0.6) is 0 Å². The van der Waals surface area contributed by atoms with E-state index in [-0.39, 0.29) is 32.1 Å². The number of aromatic amines is 3. The Balaban J connectivity index is 1.47. The van der Waals surface area contributed by atoms with Gasteiger partial charge in [0.2, 0.25) is 11.8 Å². The minimum atomic E-state index is -1.25. The first-order valence-electron chi connectivity index (χ1n) is 17.8. The predicted molar refractivity (Wildman–Crippen MR) is 213 cm³/mol. The molecule has 0 aromatic carbocycles. The molecule has 0 saturated heterocycles. The molecule has 0 aliphatic carbocycles. The SMILES string of the molecule is C=Cc1c(C)c2cc3[nH]c(cc4nc(cc5nc(cc1[nH]2)C(C)=C5CCC(=O)O)C(CCC(=O)NC(=O)C(Cc1cnc[nH]1)C(=O)OC)=C4C)c(C)c3C=C. The number of imidazole rings is 1. The normalized spacial score (nSPS) is 13.1. The fourth-order valence-electron chi connectivity index (χ4n) is 7.10. The minimum absolute atomic E-state index is 0.0175. The maximum atomic E-state index is 13.3. The number of aliphatic carboxylic acids is 1. The van der Waals surface area contributed by atoms with E-state index in [0.29, 0.717) is 28.5 Å². The molecular weight excluding hydrogens is 699 g/mol. The van der Waals surface area contributed by atoms with Crippen molar-refractivity contribution in [2.45, 2.75) is 59.8 Å². The number of imide groups is 1. The summed E-state index contributed by atoms with van der Waals surface area (Å²) in [7, 11) is 1.18. The van der Waals surface area contributed by atoms with Crippen molar-refractivity contribution in [1.82, 2.24) is 35.2 Å². The van der Waals surface area contributed by atoms with Gasteiger partial charge < -0.3 is 24.8 Å². The van der Waals surface area contributed by atoms with E-state index in [1.807, 2.05) is 58.0 Å². The Morgan fingerprint density at radius 3 is 1.87 bits per heavy atom. The van der Waals surface area contributed by atoms with Gasteiger partial charge in [0.25, 0.3) is 0 Å². The Kier molecular flexibility index (Phi) is 10.9. The molecule has 4 aromatic rings. The zero-order valence-electron chi connectivity index (χ0n) is 31.5. The van der Waals surface area contributed by atoms with Crippen LogP contribution in [0.3, 0.4) is 0 Å². The maximum Gasteiger partial charge on any atom is 0.318 e. The van der Waals surface area contributed by atoms with E-state index in [4.69, 9.17) is 14.7 Å². The van der Waals surface area contributed by atoms with Gasteiger partial charge in [0.1, 0.15) is 5.92 Å². The Labute approximate surface area is 317 Å². The van der Waals surface area contributed by atoms with Crippen molar-refractivity contribution in [1.29, 1.82) is 0 Å². The van der Waals surface area contributed by atoms with Crippen LogP contribution in [-0.4, -0.2) is 65.9 Å². The van der Waals surface area contributed by atoms with Gasteiger partial charge in [-0.15, -0.1) is 0 Å². The highest BCUT2D eigenvalue weighted by molar-refractivity contribution is 6.06. The van der Waals surface area contributed by atoms with Crippen LogP contribution in [0.25, 0.3) is 56.5 Å². The number of hydrogen-bond donors (Lipinski definition) is 5. The predicted octanol–water partition coefficient (Wildman–Crippen LogP) is 7.12. The number of rotatable bonds is 12. The number of esters is 1. The number of nitrogens with zero attached hydrogens (tertiary/aromatic N) is 3. The summed E-state index contributed by atoms with van der Waals surface area (Å²) in [5.41, 5.74) is 13.4. The van der Waals surface area contributed by atoms with Crippen LogP contribution in [0.1, 0.15) is 90.3 Å². The van der Waals surface area contributed by atoms with Gasteiger partial charge in [-0.1, -0.05) is 25.3 Å². The number of carboxylic acid groups (broad SMARTS) is 1. The Morgan fingerprint density at radius 2 is 1.35 bits per heavy atom. The molecule has 5 N–H and O–H groups in total. The van der Waals surface area contributed by atoms with E-state index in [1.54, 1.807) is 6.08 Å². The quantitative estimate of drug-likeness (QED) is 0.0742. The summed E-state index contributed by atoms with van der Waals surface area (Å²) in [6.07, 6.45) is 6.80. The van der Waals surface area contributed by atoms with Crippen molar-refractivity contribution in [3.05, 3.63) is 101 Å². The molecule has 55 heavy (non-hydrogen) atoms. The molecule has 2 amide bonds. The molecule has 2 aliphatic rings. The molecule has 6 rings (SSSR count). The van der Waals surface area contributed by atoms with Crippen LogP contribution < -0.4 is 5.32 Å². The fourth-order valence-corrected chi connectivity index (χ4v) is 7.10. The van der Waals surface area contributed by atoms with E-state index in [9.17, 15) is 24.3 Å². The van der Waals surface area contributed by atoms with Gasteiger partial charge in [-0.25, -0.2) is 15.0 Å². The second kappa shape index (κ2) is 15.8. The van der Waals surface area contributed by atoms with Crippen LogP contribution in [0.4, 0.5) is 0 Å². The average Bonchev–Trinajstić information content (AvgIpc) is 3.95. The van der Waals surface area contributed by atoms with Crippen LogP contribution >= 0.6 is 0 Å². The highest BCUT2D eigenvalue weighted by Gasteiger charge is 2.30. The van der Waals surface area contributed by atoms with Gasteiger partial charge in [0.15, 0.2) is 0 Å². The summed E-state index contributed by atoms with van der Waals surface area (Å²) < 4.78 is 4.84. The number of methoxy groups -OCH3 is 1. The number of hydrogen-bond acceptors (Lipinski definition) is 8. The lowest BCUT2D eigenvalue weighted by atomic mass is 9.98. The second-order valence-electron chi connectivity index (χ2n) is 13.6. The Hall–Kier alpha value is -6.63. The number of H-pyrrole nitrogens is 3. The van der Waals surface area contributed by atoms with Crippen molar-refractivity contribution in [3.8, 4) is 0 Å². The summed E-state index contributed by atoms with van der Waals surface area (Å²) >= 11 is 0. The lowest BCUT2D eigenvalue weighted by Crippen LogP contribution is -2.40. The van der Waals surface area contributed by atoms with Crippen molar-refractivity contribution < 1.29 is 29.0 Å². The summed E-state index contributed by atoms with van der Waals surface area (Å²) in [6.45, 7) is 16.0. The van der Waals surface area contributed by atoms with Gasteiger partial charge >= 0.3 is 11.9 Å². The van der Waals surface area contributed by atoms with Gasteiger partial charge in [0, 0.05) is 64.3 Å². The smallest absolute Gasteiger partial charge is 0.318 e. The molecule has 13 nitrogen and oxygen atoms in total. The van der Waals surface area contributed by atoms with Gasteiger partial charge in [0.05, 0.1) is 36.2 Å². The number of aromatic nitrogens is 6. The maximum absolute atomic E-state index is 13.3. The van der Waals surface area contributed by atoms with Crippen LogP contribution in [0, 0.1) is 19.8 Å². The number of carbonyl (C=O) groups excluding carboxylic acids is 3. The van der Waals surface area contributed by atoms with Crippen LogP contribution in [0.2, 0.25) is 0 Å². The van der Waals surface area contributed by atoms with E-state index >= 15 is 0 Å². The summed E-state index contributed by atoms with van der Waals surface area (Å²) in [4.78, 5) is 74.6. The lowest BCUT2D eigenvalue weighted by molar-refractivity contribution is -0.150. The molecule has 1 atom stereocenters. The van der Waals surface area contributed by atoms with Crippen molar-refractivity contribution in [2.75, 3.05) is 7.11 Å². The van der Waals surface area contributed by atoms with E-state index in [1.165, 1.54) is 19.6 Å². The monoisotopic (exact) mass is 741 g/mol. The molecular formula is C42H43N7O6. The standard InChI is InChI=1S/C42H43N7O6/c1-8-26-21(3)31-15-32-23(5)28(10-12-39(50)49-41(53)30(42(54)55-7)14-25-19-43-20-44-25)37(47-32)18-38-29(11-13-40(51)52)24(6)34(48-38)17-36-27(9-2)22(4)33(46-36)16-35(26)45-31/h8-9,15-20,30,45-46H,1-2,10-14H2,3-7H3,(H,43,44)(H,51,52)(H,49,50,53). The third kappa shape index (κ3) is 7.72. The largest absolute Gasteiger partial charge is 0.481 e. The van der Waals surface area contributed by atoms with Gasteiger partial charge in [-0.2, -0.15) is 0 Å². The third-order valence-corrected chi connectivity index (χ3v) is 10.3. The minimum Gasteiger partial charge on any atom is -0.481 e. The first-order chi connectivity index (χ1) is 26.3. The molecule has 13 heteroatoms.